The molecule has 0 aromatic carbocycles. The predicted molar refractivity (Wildman–Crippen MR) is 118 cm³/mol. The fraction of sp³-hybridized carbons (Fsp3) is 0.583. The van der Waals surface area contributed by atoms with E-state index in [2.05, 4.69) is 48.1 Å². The molecule has 2 atom stereocenters. The van der Waals surface area contributed by atoms with Crippen LogP contribution in [0, 0.1) is 0 Å². The first-order valence-electron chi connectivity index (χ1n) is 11.1. The third kappa shape index (κ3) is 11.4. The molecule has 31 heavy (non-hydrogen) atoms. The van der Waals surface area contributed by atoms with Gasteiger partial charge in [-0.05, 0) is 38.5 Å². The molecule has 0 bridgehead atoms. The minimum atomic E-state index is -1.43. The lowest BCUT2D eigenvalue weighted by Gasteiger charge is -2.17. The van der Waals surface area contributed by atoms with E-state index in [4.69, 9.17) is 4.74 Å². The van der Waals surface area contributed by atoms with E-state index in [1.807, 2.05) is 0 Å². The summed E-state index contributed by atoms with van der Waals surface area (Å²) in [6, 6.07) is 0. The summed E-state index contributed by atoms with van der Waals surface area (Å²) in [6.07, 6.45) is 19.5. The molecule has 1 aliphatic rings. The third-order valence-corrected chi connectivity index (χ3v) is 4.74. The fourth-order valence-electron chi connectivity index (χ4n) is 2.95. The molecular weight excluding hydrogens is 400 g/mol. The molecular formula is C24H36O7. The lowest BCUT2D eigenvalue weighted by molar-refractivity contribution is -0.154. The maximum Gasteiger partial charge on any atom is 0.377 e. The van der Waals surface area contributed by atoms with Gasteiger partial charge in [0.15, 0.2) is 11.9 Å². The zero-order valence-electron chi connectivity index (χ0n) is 18.4. The minimum absolute atomic E-state index is 0.240. The van der Waals surface area contributed by atoms with Gasteiger partial charge in [0.2, 0.25) is 5.76 Å². The molecule has 1 aliphatic heterocycles. The van der Waals surface area contributed by atoms with Gasteiger partial charge >= 0.3 is 11.9 Å². The summed E-state index contributed by atoms with van der Waals surface area (Å²) in [4.78, 5) is 22.8. The van der Waals surface area contributed by atoms with Crippen molar-refractivity contribution in [2.75, 3.05) is 6.61 Å². The van der Waals surface area contributed by atoms with Crippen LogP contribution in [0.25, 0.3) is 0 Å². The van der Waals surface area contributed by atoms with Gasteiger partial charge in [0, 0.05) is 6.42 Å². The van der Waals surface area contributed by atoms with Gasteiger partial charge in [-0.3, -0.25) is 4.79 Å². The molecule has 0 saturated heterocycles. The number of aliphatic hydroxyl groups excluding tert-OH is 3. The molecule has 0 fully saturated rings. The lowest BCUT2D eigenvalue weighted by atomic mass is 10.1. The van der Waals surface area contributed by atoms with Crippen LogP contribution >= 0.6 is 0 Å². The topological polar surface area (TPSA) is 113 Å². The molecule has 0 aromatic rings. The smallest absolute Gasteiger partial charge is 0.377 e. The van der Waals surface area contributed by atoms with Crippen molar-refractivity contribution in [3.63, 3.8) is 0 Å². The van der Waals surface area contributed by atoms with Crippen molar-refractivity contribution in [3.05, 3.63) is 48.0 Å². The van der Waals surface area contributed by atoms with Crippen molar-refractivity contribution in [2.45, 2.75) is 83.3 Å². The Bertz CT molecular complexity index is 661. The molecule has 0 spiro atoms. The average Bonchev–Trinajstić information content (AvgIpc) is 3.02. The molecule has 0 unspecified atom stereocenters. The number of carbonyl (C=O) groups excluding carboxylic acids is 2. The van der Waals surface area contributed by atoms with Gasteiger partial charge in [0.25, 0.3) is 0 Å². The van der Waals surface area contributed by atoms with Crippen LogP contribution < -0.4 is 0 Å². The number of allylic oxidation sites excluding steroid dienone is 6. The van der Waals surface area contributed by atoms with Crippen LogP contribution in [-0.4, -0.2) is 46.1 Å². The molecule has 7 nitrogen and oxygen atoms in total. The van der Waals surface area contributed by atoms with E-state index in [1.165, 1.54) is 0 Å². The van der Waals surface area contributed by atoms with Crippen LogP contribution in [0.1, 0.15) is 71.1 Å². The minimum Gasteiger partial charge on any atom is -0.505 e. The van der Waals surface area contributed by atoms with E-state index < -0.39 is 42.3 Å². The summed E-state index contributed by atoms with van der Waals surface area (Å²) in [6.45, 7) is 1.70. The highest BCUT2D eigenvalue weighted by Crippen LogP contribution is 2.21. The second kappa shape index (κ2) is 16.2. The summed E-state index contributed by atoms with van der Waals surface area (Å²) in [5.41, 5.74) is 0. The first-order chi connectivity index (χ1) is 15.0. The number of rotatable bonds is 16. The molecule has 7 heteroatoms. The number of cyclic esters (lactones) is 1. The van der Waals surface area contributed by atoms with Crippen molar-refractivity contribution < 1.29 is 34.4 Å². The van der Waals surface area contributed by atoms with Gasteiger partial charge in [-0.15, -0.1) is 0 Å². The maximum atomic E-state index is 11.7. The highest BCUT2D eigenvalue weighted by molar-refractivity contribution is 5.89. The van der Waals surface area contributed by atoms with Crippen LogP contribution in [0.2, 0.25) is 0 Å². The van der Waals surface area contributed by atoms with Crippen molar-refractivity contribution in [3.8, 4) is 0 Å². The Kier molecular flexibility index (Phi) is 13.8. The van der Waals surface area contributed by atoms with Crippen LogP contribution in [-0.2, 0) is 19.1 Å². The Morgan fingerprint density at radius 1 is 1.00 bits per heavy atom. The first-order valence-corrected chi connectivity index (χ1v) is 11.1. The summed E-state index contributed by atoms with van der Waals surface area (Å²) in [7, 11) is 0. The van der Waals surface area contributed by atoms with E-state index in [9.17, 15) is 24.9 Å². The highest BCUT2D eigenvalue weighted by atomic mass is 16.6. The molecule has 0 amide bonds. The second-order valence-corrected chi connectivity index (χ2v) is 7.41. The molecule has 0 radical (unpaired) electrons. The Balaban J connectivity index is 1.97. The van der Waals surface area contributed by atoms with Crippen molar-refractivity contribution >= 4 is 11.9 Å². The molecule has 0 saturated carbocycles. The summed E-state index contributed by atoms with van der Waals surface area (Å²) >= 11 is 0. The number of aliphatic hydroxyl groups is 3. The number of unbranched alkanes of at least 4 members (excludes halogenated alkanes) is 5. The zero-order valence-corrected chi connectivity index (χ0v) is 18.4. The predicted octanol–water partition coefficient (Wildman–Crippen LogP) is 4.73. The van der Waals surface area contributed by atoms with Crippen LogP contribution in [0.5, 0.6) is 0 Å². The van der Waals surface area contributed by atoms with Crippen molar-refractivity contribution in [2.24, 2.45) is 0 Å². The normalized spacial score (nSPS) is 17.9. The number of esters is 2. The van der Waals surface area contributed by atoms with E-state index in [0.717, 1.165) is 51.4 Å². The van der Waals surface area contributed by atoms with Gasteiger partial charge in [0.1, 0.15) is 12.7 Å². The summed E-state index contributed by atoms with van der Waals surface area (Å²) < 4.78 is 9.55. The highest BCUT2D eigenvalue weighted by Gasteiger charge is 2.39. The largest absolute Gasteiger partial charge is 0.505 e. The Labute approximate surface area is 184 Å². The second-order valence-electron chi connectivity index (χ2n) is 7.41. The molecule has 1 heterocycles. The molecule has 174 valence electrons. The van der Waals surface area contributed by atoms with Gasteiger partial charge < -0.3 is 24.8 Å². The van der Waals surface area contributed by atoms with Crippen molar-refractivity contribution in [1.82, 2.24) is 0 Å². The SMILES string of the molecule is CC/C=C/C/C=C/C/C=C/CCCCCCCC(=O)OC[C@H](O)[C@H]1OC(=O)C(O)=C1O. The van der Waals surface area contributed by atoms with Gasteiger partial charge in [-0.1, -0.05) is 62.6 Å². The van der Waals surface area contributed by atoms with E-state index >= 15 is 0 Å². The fourth-order valence-corrected chi connectivity index (χ4v) is 2.95. The standard InChI is InChI=1S/C24H36O7/c1-2-3-4-5-6-7-8-9-10-11-12-13-14-15-16-17-20(26)30-18-19(25)23-21(27)22(28)24(29)31-23/h3-4,6-7,9-10,19,23,25,27-28H,2,5,8,11-18H2,1H3/b4-3+,7-6+,10-9+/t19-,23+/m0/s1. The van der Waals surface area contributed by atoms with Gasteiger partial charge in [-0.25, -0.2) is 4.79 Å². The van der Waals surface area contributed by atoms with Gasteiger partial charge in [-0.2, -0.15) is 0 Å². The number of ether oxygens (including phenoxy) is 2. The Hall–Kier alpha value is -2.54. The molecule has 3 N–H and O–H groups in total. The summed E-state index contributed by atoms with van der Waals surface area (Å²) in [5.74, 6) is -3.26. The lowest BCUT2D eigenvalue weighted by Crippen LogP contribution is -2.33. The van der Waals surface area contributed by atoms with E-state index in [0.29, 0.717) is 6.42 Å². The first kappa shape index (κ1) is 26.5. The number of hydrogen-bond acceptors (Lipinski definition) is 7. The van der Waals surface area contributed by atoms with Gasteiger partial charge in [0.05, 0.1) is 0 Å². The summed E-state index contributed by atoms with van der Waals surface area (Å²) in [5, 5.41) is 28.5. The monoisotopic (exact) mass is 436 g/mol. The van der Waals surface area contributed by atoms with Crippen molar-refractivity contribution in [1.29, 1.82) is 0 Å². The maximum absolute atomic E-state index is 11.7. The third-order valence-electron chi connectivity index (χ3n) is 4.74. The van der Waals surface area contributed by atoms with E-state index in [-0.39, 0.29) is 6.42 Å². The zero-order chi connectivity index (χ0) is 22.9. The molecule has 0 aliphatic carbocycles. The number of hydrogen-bond donors (Lipinski definition) is 3. The van der Waals surface area contributed by atoms with Crippen LogP contribution in [0.3, 0.4) is 0 Å². The van der Waals surface area contributed by atoms with E-state index in [1.54, 1.807) is 0 Å². The molecule has 1 rings (SSSR count). The molecule has 0 aromatic heterocycles. The Morgan fingerprint density at radius 2 is 1.61 bits per heavy atom. The van der Waals surface area contributed by atoms with Crippen LogP contribution in [0.4, 0.5) is 0 Å². The van der Waals surface area contributed by atoms with Crippen LogP contribution in [0.15, 0.2) is 48.0 Å². The quantitative estimate of drug-likeness (QED) is 0.182. The Morgan fingerprint density at radius 3 is 2.26 bits per heavy atom. The number of carbonyl (C=O) groups is 2. The average molecular weight is 437 g/mol.